The van der Waals surface area contributed by atoms with Crippen LogP contribution < -0.4 is 21.7 Å². The molecule has 0 saturated heterocycles. The third-order valence-corrected chi connectivity index (χ3v) is 5.68. The second-order valence-electron chi connectivity index (χ2n) is 8.25. The van der Waals surface area contributed by atoms with Gasteiger partial charge >= 0.3 is 0 Å². The summed E-state index contributed by atoms with van der Waals surface area (Å²) < 4.78 is 0. The molecule has 0 radical (unpaired) electrons. The molecular formula is C24H41N5O2. The third-order valence-electron chi connectivity index (χ3n) is 5.68. The summed E-state index contributed by atoms with van der Waals surface area (Å²) in [4.78, 5) is 27.3. The maximum absolute atomic E-state index is 12.9. The Morgan fingerprint density at radius 1 is 0.968 bits per heavy atom. The quantitative estimate of drug-likeness (QED) is 0.316. The van der Waals surface area contributed by atoms with E-state index in [9.17, 15) is 9.59 Å². The Kier molecular flexibility index (Phi) is 12.2. The minimum Gasteiger partial charge on any atom is -0.354 e. The number of benzene rings is 1. The van der Waals surface area contributed by atoms with Crippen molar-refractivity contribution in [2.24, 2.45) is 5.73 Å². The molecule has 0 spiro atoms. The fourth-order valence-electron chi connectivity index (χ4n) is 3.90. The van der Waals surface area contributed by atoms with Gasteiger partial charge in [0.05, 0.1) is 0 Å². The van der Waals surface area contributed by atoms with Crippen LogP contribution in [0.25, 0.3) is 0 Å². The number of unbranched alkanes of at least 4 members (excludes halogenated alkanes) is 1. The van der Waals surface area contributed by atoms with Crippen molar-refractivity contribution < 1.29 is 9.59 Å². The van der Waals surface area contributed by atoms with Gasteiger partial charge in [-0.2, -0.15) is 0 Å². The van der Waals surface area contributed by atoms with Gasteiger partial charge in [-0.15, -0.1) is 0 Å². The Hall–Kier alpha value is -1.96. The highest BCUT2D eigenvalue weighted by molar-refractivity contribution is 5.88. The van der Waals surface area contributed by atoms with Gasteiger partial charge in [-0.05, 0) is 76.0 Å². The lowest BCUT2D eigenvalue weighted by Gasteiger charge is -2.36. The Bertz CT molecular complexity index is 667. The van der Waals surface area contributed by atoms with Crippen molar-refractivity contribution in [1.82, 2.24) is 20.9 Å². The lowest BCUT2D eigenvalue weighted by atomic mass is 9.93. The summed E-state index contributed by atoms with van der Waals surface area (Å²) in [5, 5.41) is 9.87. The first-order chi connectivity index (χ1) is 15.2. The first kappa shape index (κ1) is 25.3. The molecule has 1 aliphatic rings. The van der Waals surface area contributed by atoms with Crippen LogP contribution in [0.1, 0.15) is 56.6 Å². The van der Waals surface area contributed by atoms with Crippen LogP contribution in [-0.2, 0) is 22.6 Å². The summed E-state index contributed by atoms with van der Waals surface area (Å²) in [6.07, 6.45) is 6.07. The second-order valence-corrected chi connectivity index (χ2v) is 8.25. The molecular weight excluding hydrogens is 390 g/mol. The number of carbonyl (C=O) groups excluding carboxylic acids is 2. The number of amides is 2. The van der Waals surface area contributed by atoms with E-state index in [-0.39, 0.29) is 11.8 Å². The molecule has 0 saturated carbocycles. The van der Waals surface area contributed by atoms with Crippen LogP contribution >= 0.6 is 0 Å². The van der Waals surface area contributed by atoms with E-state index in [0.29, 0.717) is 25.9 Å². The Labute approximate surface area is 187 Å². The van der Waals surface area contributed by atoms with Crippen molar-refractivity contribution in [2.75, 3.05) is 39.3 Å². The summed E-state index contributed by atoms with van der Waals surface area (Å²) >= 11 is 0. The molecule has 7 nitrogen and oxygen atoms in total. The molecule has 0 bridgehead atoms. The van der Waals surface area contributed by atoms with Crippen LogP contribution in [-0.4, -0.2) is 62.0 Å². The molecule has 5 N–H and O–H groups in total. The zero-order valence-corrected chi connectivity index (χ0v) is 19.1. The van der Waals surface area contributed by atoms with Crippen molar-refractivity contribution in [3.63, 3.8) is 0 Å². The first-order valence-corrected chi connectivity index (χ1v) is 11.9. The van der Waals surface area contributed by atoms with Gasteiger partial charge in [-0.25, -0.2) is 0 Å². The highest BCUT2D eigenvalue weighted by Crippen LogP contribution is 2.24. The molecule has 7 heteroatoms. The number of hydrogen-bond donors (Lipinski definition) is 4. The predicted octanol–water partition coefficient (Wildman–Crippen LogP) is 1.55. The summed E-state index contributed by atoms with van der Waals surface area (Å²) in [5.74, 6) is 0.0267. The number of rotatable bonds is 15. The van der Waals surface area contributed by atoms with Crippen LogP contribution in [0.3, 0.4) is 0 Å². The van der Waals surface area contributed by atoms with Gasteiger partial charge in [0.1, 0.15) is 6.04 Å². The maximum atomic E-state index is 12.9. The molecule has 2 amide bonds. The molecule has 1 atom stereocenters. The van der Waals surface area contributed by atoms with E-state index in [1.54, 1.807) is 4.90 Å². The van der Waals surface area contributed by atoms with Crippen molar-refractivity contribution in [1.29, 1.82) is 0 Å². The first-order valence-electron chi connectivity index (χ1n) is 11.9. The standard InChI is InChI=1S/C24H41N5O2/c1-2-9-23(30)29-19-21-11-4-3-10-20(21)18-22(29)24(31)28-17-8-16-27-14-6-5-13-26-15-7-12-25/h3-4,10-11,22,26-27H,2,5-9,12-19,25H2,1H3,(H,28,31)/t22-/m0/s1. The number of nitrogens with two attached hydrogens (primary N) is 1. The van der Waals surface area contributed by atoms with E-state index >= 15 is 0 Å². The van der Waals surface area contributed by atoms with Crippen LogP contribution in [0.15, 0.2) is 24.3 Å². The topological polar surface area (TPSA) is 99.5 Å². The van der Waals surface area contributed by atoms with Crippen molar-refractivity contribution in [3.8, 4) is 0 Å². The molecule has 1 aromatic rings. The fourth-order valence-corrected chi connectivity index (χ4v) is 3.90. The third kappa shape index (κ3) is 8.97. The summed E-state index contributed by atoms with van der Waals surface area (Å²) in [6, 6.07) is 7.70. The predicted molar refractivity (Wildman–Crippen MR) is 126 cm³/mol. The minimum atomic E-state index is -0.409. The molecule has 2 rings (SSSR count). The molecule has 1 heterocycles. The highest BCUT2D eigenvalue weighted by Gasteiger charge is 2.33. The Morgan fingerprint density at radius 3 is 2.29 bits per heavy atom. The van der Waals surface area contributed by atoms with Gasteiger partial charge in [0.2, 0.25) is 11.8 Å². The van der Waals surface area contributed by atoms with E-state index in [1.165, 1.54) is 5.56 Å². The van der Waals surface area contributed by atoms with Crippen molar-refractivity contribution >= 4 is 11.8 Å². The zero-order valence-electron chi connectivity index (χ0n) is 19.1. The maximum Gasteiger partial charge on any atom is 0.243 e. The van der Waals surface area contributed by atoms with Gasteiger partial charge in [0.25, 0.3) is 0 Å². The molecule has 0 fully saturated rings. The number of fused-ring (bicyclic) bond motifs is 1. The largest absolute Gasteiger partial charge is 0.354 e. The van der Waals surface area contributed by atoms with E-state index in [0.717, 1.165) is 70.4 Å². The average molecular weight is 432 g/mol. The fraction of sp³-hybridized carbons (Fsp3) is 0.667. The molecule has 0 aromatic heterocycles. The van der Waals surface area contributed by atoms with E-state index in [1.807, 2.05) is 19.1 Å². The molecule has 174 valence electrons. The average Bonchev–Trinajstić information content (AvgIpc) is 2.79. The number of nitrogens with zero attached hydrogens (tertiary/aromatic N) is 1. The van der Waals surface area contributed by atoms with Gasteiger partial charge < -0.3 is 26.6 Å². The van der Waals surface area contributed by atoms with Gasteiger partial charge in [0, 0.05) is 25.9 Å². The number of nitrogens with one attached hydrogen (secondary N) is 3. The second kappa shape index (κ2) is 14.9. The van der Waals surface area contributed by atoms with E-state index in [4.69, 9.17) is 5.73 Å². The Balaban J connectivity index is 1.66. The molecule has 31 heavy (non-hydrogen) atoms. The molecule has 0 unspecified atom stereocenters. The van der Waals surface area contributed by atoms with Gasteiger partial charge in [-0.1, -0.05) is 31.2 Å². The Morgan fingerprint density at radius 2 is 1.61 bits per heavy atom. The van der Waals surface area contributed by atoms with Crippen molar-refractivity contribution in [2.45, 2.75) is 64.5 Å². The van der Waals surface area contributed by atoms with E-state index < -0.39 is 6.04 Å². The minimum absolute atomic E-state index is 0.0393. The number of carbonyl (C=O) groups is 2. The van der Waals surface area contributed by atoms with Crippen LogP contribution in [0.2, 0.25) is 0 Å². The van der Waals surface area contributed by atoms with Gasteiger partial charge in [-0.3, -0.25) is 9.59 Å². The summed E-state index contributed by atoms with van der Waals surface area (Å²) in [6.45, 7) is 7.80. The summed E-state index contributed by atoms with van der Waals surface area (Å²) in [7, 11) is 0. The van der Waals surface area contributed by atoms with Gasteiger partial charge in [0.15, 0.2) is 0 Å². The van der Waals surface area contributed by atoms with Crippen LogP contribution in [0.5, 0.6) is 0 Å². The lowest BCUT2D eigenvalue weighted by molar-refractivity contribution is -0.141. The normalized spacial score (nSPS) is 15.5. The summed E-state index contributed by atoms with van der Waals surface area (Å²) in [5.41, 5.74) is 7.78. The highest BCUT2D eigenvalue weighted by atomic mass is 16.2. The molecule has 1 aromatic carbocycles. The molecule has 0 aliphatic carbocycles. The van der Waals surface area contributed by atoms with E-state index in [2.05, 4.69) is 28.1 Å². The van der Waals surface area contributed by atoms with Crippen LogP contribution in [0, 0.1) is 0 Å². The SMILES string of the molecule is CCCC(=O)N1Cc2ccccc2C[C@H]1C(=O)NCCCNCCCCNCCCN. The van der Waals surface area contributed by atoms with Crippen molar-refractivity contribution in [3.05, 3.63) is 35.4 Å². The monoisotopic (exact) mass is 431 g/mol. The smallest absolute Gasteiger partial charge is 0.243 e. The number of hydrogen-bond acceptors (Lipinski definition) is 5. The molecule has 1 aliphatic heterocycles. The lowest BCUT2D eigenvalue weighted by Crippen LogP contribution is -2.52. The van der Waals surface area contributed by atoms with Crippen LogP contribution in [0.4, 0.5) is 0 Å². The zero-order chi connectivity index (χ0) is 22.3.